The summed E-state index contributed by atoms with van der Waals surface area (Å²) in [5.41, 5.74) is 6.57. The van der Waals surface area contributed by atoms with Crippen molar-refractivity contribution in [2.45, 2.75) is 30.4 Å². The zero-order valence-electron chi connectivity index (χ0n) is 11.3. The normalized spacial score (nSPS) is 15.1. The van der Waals surface area contributed by atoms with Crippen LogP contribution < -0.4 is 10.5 Å². The molecule has 0 amide bonds. The first kappa shape index (κ1) is 16.1. The van der Waals surface area contributed by atoms with Gasteiger partial charge >= 0.3 is 0 Å². The quantitative estimate of drug-likeness (QED) is 0.768. The molecule has 1 rings (SSSR count). The van der Waals surface area contributed by atoms with Gasteiger partial charge in [-0.15, -0.1) is 0 Å². The molecule has 0 radical (unpaired) electrons. The van der Waals surface area contributed by atoms with Crippen molar-refractivity contribution in [2.75, 3.05) is 18.5 Å². The Hall–Kier alpha value is -0.920. The van der Waals surface area contributed by atoms with E-state index in [4.69, 9.17) is 5.73 Å². The molecule has 1 aromatic carbocycles. The largest absolute Gasteiger partial charge is 0.398 e. The lowest BCUT2D eigenvalue weighted by molar-refractivity contribution is 0.577. The predicted molar refractivity (Wildman–Crippen MR) is 78.9 cm³/mol. The smallest absolute Gasteiger partial charge is 0.242 e. The summed E-state index contributed by atoms with van der Waals surface area (Å²) in [6.45, 7) is 3.78. The third-order valence-electron chi connectivity index (χ3n) is 2.92. The van der Waals surface area contributed by atoms with E-state index in [0.29, 0.717) is 12.0 Å². The van der Waals surface area contributed by atoms with E-state index in [-0.39, 0.29) is 22.4 Å². The maximum atomic E-state index is 12.2. The molecule has 0 heterocycles. The molecule has 3 N–H and O–H groups in total. The van der Waals surface area contributed by atoms with Gasteiger partial charge in [0.1, 0.15) is 4.90 Å². The molecule has 19 heavy (non-hydrogen) atoms. The number of hydrogen-bond donors (Lipinski definition) is 2. The van der Waals surface area contributed by atoms with Gasteiger partial charge in [0.15, 0.2) is 0 Å². The monoisotopic (exact) mass is 304 g/mol. The lowest BCUT2D eigenvalue weighted by Crippen LogP contribution is -2.28. The number of nitrogens with one attached hydrogen (secondary N) is 1. The summed E-state index contributed by atoms with van der Waals surface area (Å²) in [6.07, 6.45) is 2.13. The second kappa shape index (κ2) is 6.49. The number of hydrogen-bond acceptors (Lipinski definition) is 4. The molecule has 5 nitrogen and oxygen atoms in total. The first-order valence-electron chi connectivity index (χ1n) is 5.92. The Morgan fingerprint density at radius 3 is 2.58 bits per heavy atom. The van der Waals surface area contributed by atoms with Crippen molar-refractivity contribution in [1.29, 1.82) is 0 Å². The van der Waals surface area contributed by atoms with E-state index >= 15 is 0 Å². The number of benzene rings is 1. The Morgan fingerprint density at radius 1 is 1.42 bits per heavy atom. The van der Waals surface area contributed by atoms with Gasteiger partial charge in [0.2, 0.25) is 10.0 Å². The molecule has 2 atom stereocenters. The molecule has 0 spiro atoms. The number of rotatable bonds is 6. The van der Waals surface area contributed by atoms with Crippen LogP contribution in [0.4, 0.5) is 5.69 Å². The topological polar surface area (TPSA) is 89.3 Å². The van der Waals surface area contributed by atoms with Crippen molar-refractivity contribution in [3.8, 4) is 0 Å². The van der Waals surface area contributed by atoms with E-state index in [1.54, 1.807) is 31.4 Å². The highest BCUT2D eigenvalue weighted by atomic mass is 32.2. The summed E-state index contributed by atoms with van der Waals surface area (Å²) in [6, 6.07) is 4.98. The second-order valence-corrected chi connectivity index (χ2v) is 7.99. The van der Waals surface area contributed by atoms with E-state index in [0.717, 1.165) is 0 Å². The van der Waals surface area contributed by atoms with Gasteiger partial charge in [0, 0.05) is 28.9 Å². The van der Waals surface area contributed by atoms with Crippen LogP contribution in [-0.4, -0.2) is 30.7 Å². The van der Waals surface area contributed by atoms with E-state index < -0.39 is 20.8 Å². The molecule has 0 bridgehead atoms. The number of nitrogen functional groups attached to an aromatic ring is 1. The fourth-order valence-electron chi connectivity index (χ4n) is 1.68. The first-order chi connectivity index (χ1) is 8.75. The van der Waals surface area contributed by atoms with Gasteiger partial charge in [0.05, 0.1) is 5.69 Å². The van der Waals surface area contributed by atoms with Crippen LogP contribution in [0.2, 0.25) is 0 Å². The molecule has 0 aliphatic carbocycles. The minimum Gasteiger partial charge on any atom is -0.398 e. The van der Waals surface area contributed by atoms with Crippen LogP contribution in [0.5, 0.6) is 0 Å². The van der Waals surface area contributed by atoms with Crippen molar-refractivity contribution < 1.29 is 12.6 Å². The highest BCUT2D eigenvalue weighted by Gasteiger charge is 2.19. The van der Waals surface area contributed by atoms with Crippen molar-refractivity contribution in [1.82, 2.24) is 4.72 Å². The summed E-state index contributed by atoms with van der Waals surface area (Å²) in [7, 11) is -4.57. The van der Waals surface area contributed by atoms with Gasteiger partial charge in [-0.2, -0.15) is 0 Å². The zero-order valence-corrected chi connectivity index (χ0v) is 13.0. The average molecular weight is 304 g/mol. The van der Waals surface area contributed by atoms with Crippen LogP contribution in [0.25, 0.3) is 0 Å². The number of aryl methyl sites for hydroxylation is 1. The highest BCUT2D eigenvalue weighted by Crippen LogP contribution is 2.21. The summed E-state index contributed by atoms with van der Waals surface area (Å²) >= 11 is 0. The van der Waals surface area contributed by atoms with Gasteiger partial charge < -0.3 is 5.73 Å². The minimum atomic E-state index is -3.62. The molecular weight excluding hydrogens is 284 g/mol. The number of nitrogens with two attached hydrogens (primary N) is 1. The van der Waals surface area contributed by atoms with E-state index in [1.165, 1.54) is 0 Å². The Bertz CT molecular complexity index is 550. The molecule has 0 aliphatic rings. The van der Waals surface area contributed by atoms with Gasteiger partial charge in [-0.05, 0) is 25.0 Å². The first-order valence-corrected chi connectivity index (χ1v) is 9.03. The third kappa shape index (κ3) is 4.29. The lowest BCUT2D eigenvalue weighted by atomic mass is 10.2. The SMILES string of the molecule is Cc1cccc(N)c1S(=O)(=O)NCCC(C)S(C)=O. The Morgan fingerprint density at radius 2 is 2.05 bits per heavy atom. The van der Waals surface area contributed by atoms with Crippen LogP contribution in [0, 0.1) is 6.92 Å². The highest BCUT2D eigenvalue weighted by molar-refractivity contribution is 7.89. The zero-order chi connectivity index (χ0) is 14.6. The molecule has 7 heteroatoms. The molecule has 0 fully saturated rings. The second-order valence-electron chi connectivity index (χ2n) is 4.49. The molecule has 108 valence electrons. The molecular formula is C12H20N2O3S2. The molecule has 1 aromatic rings. The molecule has 0 saturated carbocycles. The van der Waals surface area contributed by atoms with E-state index in [9.17, 15) is 12.6 Å². The average Bonchev–Trinajstić information content (AvgIpc) is 2.27. The van der Waals surface area contributed by atoms with Crippen LogP contribution in [0.1, 0.15) is 18.9 Å². The van der Waals surface area contributed by atoms with E-state index in [2.05, 4.69) is 4.72 Å². The Kier molecular flexibility index (Phi) is 5.51. The Labute approximate surface area is 117 Å². The van der Waals surface area contributed by atoms with Crippen molar-refractivity contribution in [3.63, 3.8) is 0 Å². The van der Waals surface area contributed by atoms with Crippen LogP contribution in [0.15, 0.2) is 23.1 Å². The van der Waals surface area contributed by atoms with Gasteiger partial charge in [-0.25, -0.2) is 13.1 Å². The van der Waals surface area contributed by atoms with Gasteiger partial charge in [-0.3, -0.25) is 4.21 Å². The van der Waals surface area contributed by atoms with E-state index in [1.807, 2.05) is 6.92 Å². The van der Waals surface area contributed by atoms with Gasteiger partial charge in [0.25, 0.3) is 0 Å². The van der Waals surface area contributed by atoms with Crippen LogP contribution in [-0.2, 0) is 20.8 Å². The number of sulfonamides is 1. The maximum Gasteiger partial charge on any atom is 0.242 e. The maximum absolute atomic E-state index is 12.2. The van der Waals surface area contributed by atoms with Crippen molar-refractivity contribution >= 4 is 26.5 Å². The van der Waals surface area contributed by atoms with Crippen molar-refractivity contribution in [2.24, 2.45) is 0 Å². The molecule has 2 unspecified atom stereocenters. The summed E-state index contributed by atoms with van der Waals surface area (Å²) in [5, 5.41) is -0.0445. The van der Waals surface area contributed by atoms with Crippen molar-refractivity contribution in [3.05, 3.63) is 23.8 Å². The fraction of sp³-hybridized carbons (Fsp3) is 0.500. The minimum absolute atomic E-state index is 0.0445. The third-order valence-corrected chi connectivity index (χ3v) is 5.97. The predicted octanol–water partition coefficient (Wildman–Crippen LogP) is 1.01. The Balaban J connectivity index is 2.80. The summed E-state index contributed by atoms with van der Waals surface area (Å²) in [5.74, 6) is 0. The molecule has 0 aromatic heterocycles. The van der Waals surface area contributed by atoms with Crippen LogP contribution in [0.3, 0.4) is 0 Å². The van der Waals surface area contributed by atoms with Crippen LogP contribution >= 0.6 is 0 Å². The summed E-state index contributed by atoms with van der Waals surface area (Å²) in [4.78, 5) is 0.125. The summed E-state index contributed by atoms with van der Waals surface area (Å²) < 4.78 is 38.0. The molecule has 0 saturated heterocycles. The lowest BCUT2D eigenvalue weighted by Gasteiger charge is -2.13. The van der Waals surface area contributed by atoms with Gasteiger partial charge in [-0.1, -0.05) is 19.1 Å². The molecule has 0 aliphatic heterocycles. The standard InChI is InChI=1S/C12H20N2O3S2/c1-9-5-4-6-11(13)12(9)19(16,17)14-8-7-10(2)18(3)15/h4-6,10,14H,7-8,13H2,1-3H3. The fourth-order valence-corrected chi connectivity index (χ4v) is 3.53. The number of anilines is 1.